The van der Waals surface area contributed by atoms with Gasteiger partial charge in [0, 0.05) is 18.2 Å². The van der Waals surface area contributed by atoms with Gasteiger partial charge in [-0.1, -0.05) is 29.3 Å². The molecule has 1 aliphatic rings. The van der Waals surface area contributed by atoms with Crippen molar-refractivity contribution in [2.75, 3.05) is 11.9 Å². The van der Waals surface area contributed by atoms with Gasteiger partial charge in [0.15, 0.2) is 6.61 Å². The fraction of sp³-hybridized carbons (Fsp3) is 0.263. The molecule has 0 fully saturated rings. The highest BCUT2D eigenvalue weighted by Crippen LogP contribution is 2.29. The van der Waals surface area contributed by atoms with Crippen molar-refractivity contribution in [1.82, 2.24) is 4.90 Å². The molecule has 1 heterocycles. The molecule has 26 heavy (non-hydrogen) atoms. The van der Waals surface area contributed by atoms with Gasteiger partial charge in [-0.25, -0.2) is 0 Å². The third kappa shape index (κ3) is 3.94. The van der Waals surface area contributed by atoms with Crippen LogP contribution in [0.3, 0.4) is 0 Å². The molecule has 3 rings (SSSR count). The third-order valence-electron chi connectivity index (χ3n) is 4.08. The number of halogens is 2. The van der Waals surface area contributed by atoms with Crippen molar-refractivity contribution in [3.63, 3.8) is 0 Å². The zero-order valence-electron chi connectivity index (χ0n) is 14.4. The van der Waals surface area contributed by atoms with E-state index in [0.29, 0.717) is 33.6 Å². The fourth-order valence-corrected chi connectivity index (χ4v) is 3.03. The van der Waals surface area contributed by atoms with Gasteiger partial charge >= 0.3 is 0 Å². The average molecular weight is 393 g/mol. The molecule has 0 saturated heterocycles. The summed E-state index contributed by atoms with van der Waals surface area (Å²) in [4.78, 5) is 26.2. The van der Waals surface area contributed by atoms with E-state index in [1.807, 2.05) is 19.9 Å². The number of carbonyl (C=O) groups is 2. The van der Waals surface area contributed by atoms with E-state index in [0.717, 1.165) is 5.56 Å². The molecule has 0 unspecified atom stereocenters. The Morgan fingerprint density at radius 2 is 1.96 bits per heavy atom. The molecular weight excluding hydrogens is 375 g/mol. The molecule has 0 radical (unpaired) electrons. The maximum absolute atomic E-state index is 13.0. The topological polar surface area (TPSA) is 58.6 Å². The number of anilines is 1. The Bertz CT molecular complexity index is 868. The molecule has 0 saturated carbocycles. The number of carbonyl (C=O) groups excluding carboxylic acids is 2. The third-order valence-corrected chi connectivity index (χ3v) is 4.82. The molecule has 7 heteroatoms. The number of fused-ring (bicyclic) bond motifs is 1. The number of hydrogen-bond acceptors (Lipinski definition) is 3. The van der Waals surface area contributed by atoms with E-state index in [-0.39, 0.29) is 24.5 Å². The molecule has 0 spiro atoms. The molecule has 136 valence electrons. The summed E-state index contributed by atoms with van der Waals surface area (Å²) in [6.45, 7) is 4.26. The van der Waals surface area contributed by atoms with E-state index < -0.39 is 0 Å². The molecule has 5 nitrogen and oxygen atoms in total. The van der Waals surface area contributed by atoms with Crippen LogP contribution in [0.25, 0.3) is 0 Å². The van der Waals surface area contributed by atoms with Crippen molar-refractivity contribution in [1.29, 1.82) is 0 Å². The number of ether oxygens (including phenoxy) is 1. The summed E-state index contributed by atoms with van der Waals surface area (Å²) in [5.74, 6) is 0.175. The first-order chi connectivity index (χ1) is 12.3. The molecular formula is C19H18Cl2N2O3. The van der Waals surface area contributed by atoms with Crippen LogP contribution in [0.2, 0.25) is 10.0 Å². The monoisotopic (exact) mass is 392 g/mol. The average Bonchev–Trinajstić information content (AvgIpc) is 2.61. The van der Waals surface area contributed by atoms with E-state index in [2.05, 4.69) is 5.32 Å². The fourth-order valence-electron chi connectivity index (χ4n) is 2.71. The van der Waals surface area contributed by atoms with Gasteiger partial charge in [0.1, 0.15) is 5.75 Å². The largest absolute Gasteiger partial charge is 0.482 e. The van der Waals surface area contributed by atoms with Crippen molar-refractivity contribution in [2.24, 2.45) is 0 Å². The molecule has 1 N–H and O–H groups in total. The molecule has 0 bridgehead atoms. The summed E-state index contributed by atoms with van der Waals surface area (Å²) in [5, 5.41) is 3.65. The van der Waals surface area contributed by atoms with Crippen LogP contribution in [0.15, 0.2) is 36.4 Å². The molecule has 0 atom stereocenters. The van der Waals surface area contributed by atoms with E-state index in [9.17, 15) is 9.59 Å². The molecule has 2 aromatic rings. The van der Waals surface area contributed by atoms with E-state index in [4.69, 9.17) is 27.9 Å². The zero-order chi connectivity index (χ0) is 18.8. The Balaban J connectivity index is 1.86. The summed E-state index contributed by atoms with van der Waals surface area (Å²) in [6.07, 6.45) is 0. The Hall–Kier alpha value is -2.24. The van der Waals surface area contributed by atoms with Gasteiger partial charge in [0.2, 0.25) is 0 Å². The number of nitrogens with zero attached hydrogens (tertiary/aromatic N) is 1. The second kappa shape index (κ2) is 7.56. The molecule has 0 aliphatic carbocycles. The second-order valence-electron chi connectivity index (χ2n) is 6.32. The van der Waals surface area contributed by atoms with Crippen molar-refractivity contribution >= 4 is 40.7 Å². The lowest BCUT2D eigenvalue weighted by Crippen LogP contribution is -2.36. The van der Waals surface area contributed by atoms with Crippen LogP contribution in [0, 0.1) is 0 Å². The highest BCUT2D eigenvalue weighted by Gasteiger charge is 2.23. The van der Waals surface area contributed by atoms with Gasteiger partial charge in [-0.05, 0) is 49.7 Å². The predicted molar refractivity (Wildman–Crippen MR) is 102 cm³/mol. The summed E-state index contributed by atoms with van der Waals surface area (Å²) < 4.78 is 5.33. The smallest absolute Gasteiger partial charge is 0.262 e. The normalized spacial score (nSPS) is 13.0. The number of nitrogens with one attached hydrogen (secondary N) is 1. The molecule has 2 amide bonds. The standard InChI is InChI=1S/C19H18Cl2N2O3/c1-11(2)23(9-12-3-5-14(20)15(21)7-12)19(25)13-4-6-17-16(8-13)22-18(24)10-26-17/h3-8,11H,9-10H2,1-2H3,(H,22,24). The lowest BCUT2D eigenvalue weighted by molar-refractivity contribution is -0.118. The number of amides is 2. The first kappa shape index (κ1) is 18.5. The SMILES string of the molecule is CC(C)N(Cc1ccc(Cl)c(Cl)c1)C(=O)c1ccc2c(c1)NC(=O)CO2. The van der Waals surface area contributed by atoms with Crippen molar-refractivity contribution in [3.05, 3.63) is 57.6 Å². The Morgan fingerprint density at radius 1 is 1.19 bits per heavy atom. The number of hydrogen-bond donors (Lipinski definition) is 1. The summed E-state index contributed by atoms with van der Waals surface area (Å²) in [6, 6.07) is 10.3. The van der Waals surface area contributed by atoms with Crippen LogP contribution in [-0.4, -0.2) is 29.4 Å². The van der Waals surface area contributed by atoms with Crippen LogP contribution >= 0.6 is 23.2 Å². The molecule has 1 aliphatic heterocycles. The first-order valence-corrected chi connectivity index (χ1v) is 8.92. The van der Waals surface area contributed by atoms with Crippen LogP contribution in [0.4, 0.5) is 5.69 Å². The van der Waals surface area contributed by atoms with Gasteiger partial charge < -0.3 is 15.0 Å². The maximum atomic E-state index is 13.0. The minimum Gasteiger partial charge on any atom is -0.482 e. The van der Waals surface area contributed by atoms with Gasteiger partial charge in [-0.15, -0.1) is 0 Å². The lowest BCUT2D eigenvalue weighted by atomic mass is 10.1. The van der Waals surface area contributed by atoms with Crippen LogP contribution in [0.5, 0.6) is 5.75 Å². The van der Waals surface area contributed by atoms with Gasteiger partial charge in [-0.3, -0.25) is 9.59 Å². The lowest BCUT2D eigenvalue weighted by Gasteiger charge is -2.28. The number of benzene rings is 2. The van der Waals surface area contributed by atoms with Gasteiger partial charge in [-0.2, -0.15) is 0 Å². The Kier molecular flexibility index (Phi) is 5.39. The van der Waals surface area contributed by atoms with Gasteiger partial charge in [0.05, 0.1) is 15.7 Å². The quantitative estimate of drug-likeness (QED) is 0.839. The van der Waals surface area contributed by atoms with Crippen LogP contribution in [0.1, 0.15) is 29.8 Å². The first-order valence-electron chi connectivity index (χ1n) is 8.16. The highest BCUT2D eigenvalue weighted by molar-refractivity contribution is 6.42. The van der Waals surface area contributed by atoms with Crippen LogP contribution in [-0.2, 0) is 11.3 Å². The van der Waals surface area contributed by atoms with Crippen molar-refractivity contribution < 1.29 is 14.3 Å². The van der Waals surface area contributed by atoms with E-state index in [1.54, 1.807) is 35.2 Å². The minimum atomic E-state index is -0.237. The molecule has 2 aromatic carbocycles. The Morgan fingerprint density at radius 3 is 2.65 bits per heavy atom. The van der Waals surface area contributed by atoms with E-state index >= 15 is 0 Å². The van der Waals surface area contributed by atoms with E-state index in [1.165, 1.54) is 0 Å². The van der Waals surface area contributed by atoms with Crippen molar-refractivity contribution in [2.45, 2.75) is 26.4 Å². The number of rotatable bonds is 4. The molecule has 0 aromatic heterocycles. The predicted octanol–water partition coefficient (Wildman–Crippen LogP) is 4.38. The van der Waals surface area contributed by atoms with Crippen LogP contribution < -0.4 is 10.1 Å². The second-order valence-corrected chi connectivity index (χ2v) is 7.14. The summed E-state index contributed by atoms with van der Waals surface area (Å²) in [7, 11) is 0. The highest BCUT2D eigenvalue weighted by atomic mass is 35.5. The van der Waals surface area contributed by atoms with Crippen molar-refractivity contribution in [3.8, 4) is 5.75 Å². The summed E-state index contributed by atoms with van der Waals surface area (Å²) in [5.41, 5.74) is 1.87. The Labute approximate surface area is 161 Å². The van der Waals surface area contributed by atoms with Gasteiger partial charge in [0.25, 0.3) is 11.8 Å². The maximum Gasteiger partial charge on any atom is 0.262 e. The minimum absolute atomic E-state index is 0.0181. The zero-order valence-corrected chi connectivity index (χ0v) is 15.9. The summed E-state index contributed by atoms with van der Waals surface area (Å²) >= 11 is 12.0.